The number of fused-ring (bicyclic) bond motifs is 2. The summed E-state index contributed by atoms with van der Waals surface area (Å²) in [7, 11) is 0. The molecule has 0 saturated carbocycles. The van der Waals surface area contributed by atoms with Crippen LogP contribution in [0.5, 0.6) is 0 Å². The van der Waals surface area contributed by atoms with E-state index in [9.17, 15) is 0 Å². The van der Waals surface area contributed by atoms with Crippen LogP contribution in [0.2, 0.25) is 0 Å². The third kappa shape index (κ3) is 5.75. The molecule has 0 bridgehead atoms. The molecule has 0 atom stereocenters. The minimum atomic E-state index is -0.0233. The maximum atomic E-state index is 2.53. The van der Waals surface area contributed by atoms with E-state index in [1.807, 2.05) is 22.7 Å². The zero-order chi connectivity index (χ0) is 30.7. The fraction of sp³-hybridized carbons (Fsp3) is 0.300. The monoisotopic (exact) mass is 598 g/mol. The van der Waals surface area contributed by atoms with Crippen LogP contribution in [0.4, 0.5) is 0 Å². The fourth-order valence-electron chi connectivity index (χ4n) is 6.45. The molecule has 43 heavy (non-hydrogen) atoms. The molecule has 3 heteroatoms. The summed E-state index contributed by atoms with van der Waals surface area (Å²) in [5.41, 5.74) is 13.8. The van der Waals surface area contributed by atoms with Gasteiger partial charge >= 0.3 is 0 Å². The third-order valence-electron chi connectivity index (χ3n) is 8.80. The molecule has 2 aromatic heterocycles. The van der Waals surface area contributed by atoms with Gasteiger partial charge in [-0.2, -0.15) is 0 Å². The first kappa shape index (κ1) is 29.9. The van der Waals surface area contributed by atoms with Crippen LogP contribution in [0, 0.1) is 0 Å². The lowest BCUT2D eigenvalue weighted by atomic mass is 9.33. The Kier molecular flexibility index (Phi) is 7.51. The molecule has 0 spiro atoms. The van der Waals surface area contributed by atoms with Crippen molar-refractivity contribution in [3.8, 4) is 20.9 Å². The van der Waals surface area contributed by atoms with E-state index in [-0.39, 0.29) is 23.0 Å². The van der Waals surface area contributed by atoms with Crippen molar-refractivity contribution in [3.05, 3.63) is 111 Å². The van der Waals surface area contributed by atoms with Crippen molar-refractivity contribution in [3.63, 3.8) is 0 Å². The van der Waals surface area contributed by atoms with Crippen LogP contribution >= 0.6 is 22.7 Å². The molecule has 0 aliphatic carbocycles. The number of hydrogen-bond donors (Lipinski definition) is 0. The van der Waals surface area contributed by atoms with E-state index >= 15 is 0 Å². The molecule has 0 fully saturated rings. The van der Waals surface area contributed by atoms with Crippen molar-refractivity contribution in [1.82, 2.24) is 0 Å². The topological polar surface area (TPSA) is 0 Å². The van der Waals surface area contributed by atoms with Crippen molar-refractivity contribution >= 4 is 57.9 Å². The smallest absolute Gasteiger partial charge is 0.144 e. The largest absolute Gasteiger partial charge is 0.243 e. The van der Waals surface area contributed by atoms with Crippen LogP contribution in [0.25, 0.3) is 33.0 Å². The first-order valence-corrected chi connectivity index (χ1v) is 17.2. The average molecular weight is 599 g/mol. The summed E-state index contributed by atoms with van der Waals surface area (Å²) in [6, 6.07) is 28.1. The maximum Gasteiger partial charge on any atom is 0.243 e. The summed E-state index contributed by atoms with van der Waals surface area (Å²) in [6.07, 6.45) is 4.72. The van der Waals surface area contributed by atoms with Crippen molar-refractivity contribution in [2.45, 2.75) is 78.6 Å². The van der Waals surface area contributed by atoms with Crippen molar-refractivity contribution < 1.29 is 0 Å². The van der Waals surface area contributed by atoms with Gasteiger partial charge in [0, 0.05) is 9.75 Å². The number of benzene rings is 3. The minimum absolute atomic E-state index is 0.0233. The van der Waals surface area contributed by atoms with E-state index in [1.165, 1.54) is 65.1 Å². The van der Waals surface area contributed by atoms with Crippen molar-refractivity contribution in [2.24, 2.45) is 0 Å². The third-order valence-corrected chi connectivity index (χ3v) is 10.6. The summed E-state index contributed by atoms with van der Waals surface area (Å²) >= 11 is 3.62. The van der Waals surface area contributed by atoms with Crippen LogP contribution in [-0.2, 0) is 16.2 Å². The summed E-state index contributed by atoms with van der Waals surface area (Å²) in [4.78, 5) is 2.63. The molecule has 0 radical (unpaired) electrons. The number of hydrogen-bond acceptors (Lipinski definition) is 2. The molecule has 1 aliphatic heterocycles. The molecule has 0 N–H and O–H groups in total. The minimum Gasteiger partial charge on any atom is -0.144 e. The Bertz CT molecular complexity index is 1680. The van der Waals surface area contributed by atoms with Gasteiger partial charge in [-0.05, 0) is 90.2 Å². The van der Waals surface area contributed by atoms with E-state index in [2.05, 4.69) is 158 Å². The van der Waals surface area contributed by atoms with Gasteiger partial charge in [0.25, 0.3) is 0 Å². The molecule has 218 valence electrons. The molecular formula is C40H43BS2. The second-order valence-corrected chi connectivity index (χ2v) is 17.0. The van der Waals surface area contributed by atoms with Gasteiger partial charge in [0.1, 0.15) is 0 Å². The standard InChI is InChI=1S/C40H43BS2/c1-38(2,3)30-24-31(39(4,5)6)37(32(25-30)40(7,8)9)41-33-18-16-28(35-12-10-20-42-35)22-26(33)14-15-27-23-29(17-19-34(27)41)36-13-11-21-43-36/h10-25H,1-9H3. The Morgan fingerprint density at radius 2 is 0.953 bits per heavy atom. The molecule has 6 rings (SSSR count). The highest BCUT2D eigenvalue weighted by molar-refractivity contribution is 7.13. The highest BCUT2D eigenvalue weighted by Crippen LogP contribution is 2.35. The van der Waals surface area contributed by atoms with Gasteiger partial charge in [-0.1, -0.05) is 139 Å². The van der Waals surface area contributed by atoms with Gasteiger partial charge < -0.3 is 0 Å². The Morgan fingerprint density at radius 3 is 1.30 bits per heavy atom. The van der Waals surface area contributed by atoms with Crippen LogP contribution < -0.4 is 16.4 Å². The van der Waals surface area contributed by atoms with Gasteiger partial charge in [0.05, 0.1) is 0 Å². The maximum absolute atomic E-state index is 2.53. The van der Waals surface area contributed by atoms with Crippen LogP contribution in [0.3, 0.4) is 0 Å². The quantitative estimate of drug-likeness (QED) is 0.178. The first-order chi connectivity index (χ1) is 20.2. The predicted octanol–water partition coefficient (Wildman–Crippen LogP) is 10.0. The van der Waals surface area contributed by atoms with E-state index in [4.69, 9.17) is 0 Å². The zero-order valence-electron chi connectivity index (χ0n) is 27.1. The lowest BCUT2D eigenvalue weighted by molar-refractivity contribution is 0.553. The summed E-state index contributed by atoms with van der Waals surface area (Å²) in [5, 5.41) is 4.34. The van der Waals surface area contributed by atoms with Crippen molar-refractivity contribution in [1.29, 1.82) is 0 Å². The molecular weight excluding hydrogens is 555 g/mol. The van der Waals surface area contributed by atoms with E-state index < -0.39 is 0 Å². The lowest BCUT2D eigenvalue weighted by Gasteiger charge is -2.36. The first-order valence-electron chi connectivity index (χ1n) is 15.4. The second-order valence-electron chi connectivity index (χ2n) is 15.1. The summed E-state index contributed by atoms with van der Waals surface area (Å²) in [5.74, 6) is 0. The Balaban J connectivity index is 1.70. The Labute approximate surface area is 267 Å². The number of rotatable bonds is 3. The summed E-state index contributed by atoms with van der Waals surface area (Å²) < 4.78 is 0. The second kappa shape index (κ2) is 10.8. The number of thiophene rings is 2. The average Bonchev–Trinajstić information content (AvgIpc) is 3.64. The van der Waals surface area contributed by atoms with E-state index in [1.54, 1.807) is 0 Å². The molecule has 0 amide bonds. The molecule has 5 aromatic rings. The normalized spacial score (nSPS) is 13.6. The van der Waals surface area contributed by atoms with Gasteiger partial charge in [0.15, 0.2) is 0 Å². The van der Waals surface area contributed by atoms with Crippen LogP contribution in [0.15, 0.2) is 83.6 Å². The molecule has 0 saturated heterocycles. The van der Waals surface area contributed by atoms with Gasteiger partial charge in [-0.15, -0.1) is 22.7 Å². The predicted molar refractivity (Wildman–Crippen MR) is 196 cm³/mol. The van der Waals surface area contributed by atoms with Gasteiger partial charge in [0.2, 0.25) is 6.71 Å². The Morgan fingerprint density at radius 1 is 0.512 bits per heavy atom. The zero-order valence-corrected chi connectivity index (χ0v) is 28.8. The van der Waals surface area contributed by atoms with Crippen molar-refractivity contribution in [2.75, 3.05) is 0 Å². The van der Waals surface area contributed by atoms with E-state index in [0.29, 0.717) is 0 Å². The van der Waals surface area contributed by atoms with Crippen LogP contribution in [0.1, 0.15) is 90.1 Å². The SMILES string of the molecule is CC(C)(C)c1cc(C(C)(C)C)c(B2c3ccc(-c4cccs4)cc3C=Cc3cc(-c4cccs4)ccc32)c(C(C)(C)C)c1. The molecule has 3 aromatic carbocycles. The molecule has 1 aliphatic rings. The summed E-state index contributed by atoms with van der Waals surface area (Å²) in [6.45, 7) is 21.5. The fourth-order valence-corrected chi connectivity index (χ4v) is 7.90. The lowest BCUT2D eigenvalue weighted by Crippen LogP contribution is -2.58. The van der Waals surface area contributed by atoms with Crippen LogP contribution in [-0.4, -0.2) is 6.71 Å². The van der Waals surface area contributed by atoms with Gasteiger partial charge in [-0.3, -0.25) is 0 Å². The molecule has 3 heterocycles. The van der Waals surface area contributed by atoms with E-state index in [0.717, 1.165) is 0 Å². The Hall–Kier alpha value is -3.14. The highest BCUT2D eigenvalue weighted by Gasteiger charge is 2.37. The van der Waals surface area contributed by atoms with Gasteiger partial charge in [-0.25, -0.2) is 0 Å². The molecule has 0 nitrogen and oxygen atoms in total. The highest BCUT2D eigenvalue weighted by atomic mass is 32.1. The molecule has 0 unspecified atom stereocenters.